The van der Waals surface area contributed by atoms with Crippen LogP contribution >= 0.6 is 11.3 Å². The highest BCUT2D eigenvalue weighted by molar-refractivity contribution is 7.16. The Balaban J connectivity index is 1.76. The van der Waals surface area contributed by atoms with E-state index in [1.807, 2.05) is 4.52 Å². The zero-order chi connectivity index (χ0) is 13.9. The fourth-order valence-electron chi connectivity index (χ4n) is 2.47. The van der Waals surface area contributed by atoms with Gasteiger partial charge in [-0.25, -0.2) is 0 Å². The average Bonchev–Trinajstić information content (AvgIpc) is 3.05. The first-order valence-corrected chi connectivity index (χ1v) is 8.08. The van der Waals surface area contributed by atoms with Gasteiger partial charge in [0.1, 0.15) is 5.01 Å². The lowest BCUT2D eigenvalue weighted by Crippen LogP contribution is -2.16. The lowest BCUT2D eigenvalue weighted by molar-refractivity contribution is 0.0831. The van der Waals surface area contributed by atoms with E-state index in [1.54, 1.807) is 11.3 Å². The van der Waals surface area contributed by atoms with E-state index in [0.717, 1.165) is 61.2 Å². The highest BCUT2D eigenvalue weighted by atomic mass is 32.1. The van der Waals surface area contributed by atoms with Crippen LogP contribution in [0, 0.1) is 5.92 Å². The maximum Gasteiger partial charge on any atom is 0.234 e. The van der Waals surface area contributed by atoms with Crippen LogP contribution in [0.15, 0.2) is 0 Å². The molecule has 3 rings (SSSR count). The van der Waals surface area contributed by atoms with Crippen molar-refractivity contribution in [3.63, 3.8) is 0 Å². The van der Waals surface area contributed by atoms with Gasteiger partial charge in [0.15, 0.2) is 5.82 Å². The van der Waals surface area contributed by atoms with Crippen molar-refractivity contribution in [2.45, 2.75) is 38.5 Å². The van der Waals surface area contributed by atoms with Crippen LogP contribution in [-0.2, 0) is 11.2 Å². The van der Waals surface area contributed by atoms with Crippen molar-refractivity contribution in [1.29, 1.82) is 0 Å². The molecule has 6 nitrogen and oxygen atoms in total. The third-order valence-electron chi connectivity index (χ3n) is 3.90. The molecular formula is C13H21N5OS. The summed E-state index contributed by atoms with van der Waals surface area (Å²) in [7, 11) is 0. The van der Waals surface area contributed by atoms with Gasteiger partial charge in [-0.1, -0.05) is 18.3 Å². The van der Waals surface area contributed by atoms with Gasteiger partial charge in [-0.05, 0) is 31.7 Å². The van der Waals surface area contributed by atoms with E-state index in [4.69, 9.17) is 10.5 Å². The SMILES string of the molecule is CC(CN)CCc1nn2c(C3CCOCC3)nnc2s1. The normalized spacial score (nSPS) is 18.7. The summed E-state index contributed by atoms with van der Waals surface area (Å²) in [6.45, 7) is 4.53. The molecule has 0 spiro atoms. The standard InChI is InChI=1S/C13H21N5OS/c1-9(8-14)2-3-11-17-18-12(15-16-13(18)20-11)10-4-6-19-7-5-10/h9-10H,2-8,14H2,1H3. The Kier molecular flexibility index (Phi) is 4.28. The molecule has 2 aromatic rings. The molecule has 1 aliphatic rings. The van der Waals surface area contributed by atoms with Crippen LogP contribution < -0.4 is 5.73 Å². The number of hydrogen-bond donors (Lipinski definition) is 1. The number of nitrogens with two attached hydrogens (primary N) is 1. The molecule has 1 atom stereocenters. The fourth-order valence-corrected chi connectivity index (χ4v) is 3.33. The van der Waals surface area contributed by atoms with E-state index in [0.29, 0.717) is 11.8 Å². The van der Waals surface area contributed by atoms with Crippen LogP contribution in [0.3, 0.4) is 0 Å². The maximum absolute atomic E-state index is 5.66. The summed E-state index contributed by atoms with van der Waals surface area (Å²) in [5.74, 6) is 1.97. The van der Waals surface area contributed by atoms with Gasteiger partial charge >= 0.3 is 0 Å². The number of nitrogens with zero attached hydrogens (tertiary/aromatic N) is 4. The number of rotatable bonds is 5. The minimum Gasteiger partial charge on any atom is -0.381 e. The van der Waals surface area contributed by atoms with Gasteiger partial charge < -0.3 is 10.5 Å². The van der Waals surface area contributed by atoms with Gasteiger partial charge in [-0.15, -0.1) is 10.2 Å². The van der Waals surface area contributed by atoms with Gasteiger partial charge in [-0.2, -0.15) is 9.61 Å². The first kappa shape index (κ1) is 13.9. The number of ether oxygens (including phenoxy) is 1. The molecule has 1 saturated heterocycles. The first-order valence-electron chi connectivity index (χ1n) is 7.26. The minimum atomic E-state index is 0.427. The van der Waals surface area contributed by atoms with E-state index < -0.39 is 0 Å². The Morgan fingerprint density at radius 1 is 1.40 bits per heavy atom. The van der Waals surface area contributed by atoms with Gasteiger partial charge in [0, 0.05) is 25.6 Å². The quantitative estimate of drug-likeness (QED) is 0.906. The first-order chi connectivity index (χ1) is 9.78. The molecule has 0 saturated carbocycles. The Labute approximate surface area is 122 Å². The zero-order valence-corrected chi connectivity index (χ0v) is 12.6. The smallest absolute Gasteiger partial charge is 0.234 e. The molecule has 2 N–H and O–H groups in total. The summed E-state index contributed by atoms with van der Waals surface area (Å²) in [6.07, 6.45) is 4.07. The minimum absolute atomic E-state index is 0.427. The third kappa shape index (κ3) is 2.84. The summed E-state index contributed by atoms with van der Waals surface area (Å²) in [5.41, 5.74) is 5.66. The molecule has 2 aromatic heterocycles. The van der Waals surface area contributed by atoms with Crippen molar-refractivity contribution in [1.82, 2.24) is 19.8 Å². The number of hydrogen-bond acceptors (Lipinski definition) is 6. The zero-order valence-electron chi connectivity index (χ0n) is 11.8. The molecule has 1 unspecified atom stereocenters. The van der Waals surface area contributed by atoms with E-state index in [2.05, 4.69) is 22.2 Å². The molecule has 7 heteroatoms. The lowest BCUT2D eigenvalue weighted by Gasteiger charge is -2.19. The largest absolute Gasteiger partial charge is 0.381 e. The van der Waals surface area contributed by atoms with E-state index in [9.17, 15) is 0 Å². The van der Waals surface area contributed by atoms with Gasteiger partial charge in [0.25, 0.3) is 0 Å². The summed E-state index contributed by atoms with van der Waals surface area (Å²) >= 11 is 1.64. The molecule has 0 amide bonds. The van der Waals surface area contributed by atoms with Crippen molar-refractivity contribution in [3.8, 4) is 0 Å². The third-order valence-corrected chi connectivity index (χ3v) is 4.86. The molecule has 1 aliphatic heterocycles. The van der Waals surface area contributed by atoms with Gasteiger partial charge in [0.05, 0.1) is 0 Å². The van der Waals surface area contributed by atoms with Crippen molar-refractivity contribution < 1.29 is 4.74 Å². The number of aromatic nitrogens is 4. The van der Waals surface area contributed by atoms with Crippen LogP contribution in [0.25, 0.3) is 4.96 Å². The molecule has 0 radical (unpaired) electrons. The van der Waals surface area contributed by atoms with Gasteiger partial charge in [-0.3, -0.25) is 0 Å². The van der Waals surface area contributed by atoms with E-state index >= 15 is 0 Å². The van der Waals surface area contributed by atoms with E-state index in [-0.39, 0.29) is 0 Å². The van der Waals surface area contributed by atoms with Crippen LogP contribution in [0.5, 0.6) is 0 Å². The Hall–Kier alpha value is -1.05. The summed E-state index contributed by atoms with van der Waals surface area (Å²) < 4.78 is 7.34. The fraction of sp³-hybridized carbons (Fsp3) is 0.769. The lowest BCUT2D eigenvalue weighted by atomic mass is 10.00. The second-order valence-electron chi connectivity index (χ2n) is 5.51. The molecule has 1 fully saturated rings. The van der Waals surface area contributed by atoms with Crippen LogP contribution in [0.2, 0.25) is 0 Å². The molecular weight excluding hydrogens is 274 g/mol. The van der Waals surface area contributed by atoms with Crippen molar-refractivity contribution in [2.75, 3.05) is 19.8 Å². The average molecular weight is 295 g/mol. The number of fused-ring (bicyclic) bond motifs is 1. The molecule has 20 heavy (non-hydrogen) atoms. The second kappa shape index (κ2) is 6.15. The van der Waals surface area contributed by atoms with Crippen molar-refractivity contribution in [3.05, 3.63) is 10.8 Å². The van der Waals surface area contributed by atoms with Crippen molar-refractivity contribution >= 4 is 16.3 Å². The van der Waals surface area contributed by atoms with E-state index in [1.165, 1.54) is 0 Å². The topological polar surface area (TPSA) is 78.3 Å². The van der Waals surface area contributed by atoms with Crippen LogP contribution in [-0.4, -0.2) is 39.6 Å². The molecule has 110 valence electrons. The van der Waals surface area contributed by atoms with Crippen LogP contribution in [0.1, 0.15) is 42.9 Å². The Bertz CT molecular complexity index is 560. The predicted molar refractivity (Wildman–Crippen MR) is 78.0 cm³/mol. The summed E-state index contributed by atoms with van der Waals surface area (Å²) in [6, 6.07) is 0. The molecule has 0 aliphatic carbocycles. The second-order valence-corrected chi connectivity index (χ2v) is 6.56. The highest BCUT2D eigenvalue weighted by Gasteiger charge is 2.23. The highest BCUT2D eigenvalue weighted by Crippen LogP contribution is 2.27. The molecule has 0 aromatic carbocycles. The molecule has 3 heterocycles. The van der Waals surface area contributed by atoms with Gasteiger partial charge in [0.2, 0.25) is 4.96 Å². The van der Waals surface area contributed by atoms with Crippen LogP contribution in [0.4, 0.5) is 0 Å². The predicted octanol–water partition coefficient (Wildman–Crippen LogP) is 1.61. The summed E-state index contributed by atoms with van der Waals surface area (Å²) in [5, 5.41) is 14.4. The Morgan fingerprint density at radius 3 is 2.95 bits per heavy atom. The number of aryl methyl sites for hydroxylation is 1. The Morgan fingerprint density at radius 2 is 2.20 bits per heavy atom. The summed E-state index contributed by atoms with van der Waals surface area (Å²) in [4.78, 5) is 0.905. The maximum atomic E-state index is 5.66. The molecule has 0 bridgehead atoms. The van der Waals surface area contributed by atoms with Crippen molar-refractivity contribution in [2.24, 2.45) is 11.7 Å². The monoisotopic (exact) mass is 295 g/mol.